The summed E-state index contributed by atoms with van der Waals surface area (Å²) in [5.41, 5.74) is 0. The Morgan fingerprint density at radius 3 is 2.19 bits per heavy atom. The van der Waals surface area contributed by atoms with E-state index in [2.05, 4.69) is 20.8 Å². The SMILES string of the molecule is CCCCCCCCN(CC(=O)O)C(C)C. The van der Waals surface area contributed by atoms with E-state index in [9.17, 15) is 4.79 Å². The predicted octanol–water partition coefficient (Wildman–Crippen LogP) is 3.14. The Morgan fingerprint density at radius 1 is 1.12 bits per heavy atom. The Kier molecular flexibility index (Phi) is 9.30. The number of rotatable bonds is 10. The fourth-order valence-corrected chi connectivity index (χ4v) is 1.79. The lowest BCUT2D eigenvalue weighted by atomic mass is 10.1. The van der Waals surface area contributed by atoms with Gasteiger partial charge in [-0.05, 0) is 26.8 Å². The van der Waals surface area contributed by atoms with E-state index in [4.69, 9.17) is 5.11 Å². The minimum absolute atomic E-state index is 0.173. The molecule has 0 saturated heterocycles. The zero-order valence-electron chi connectivity index (χ0n) is 11.0. The van der Waals surface area contributed by atoms with Crippen LogP contribution < -0.4 is 0 Å². The van der Waals surface area contributed by atoms with Gasteiger partial charge in [0, 0.05) is 6.04 Å². The van der Waals surface area contributed by atoms with Crippen LogP contribution in [0.4, 0.5) is 0 Å². The van der Waals surface area contributed by atoms with Gasteiger partial charge in [0.15, 0.2) is 0 Å². The molecule has 1 N–H and O–H groups in total. The van der Waals surface area contributed by atoms with Crippen LogP contribution in [0.15, 0.2) is 0 Å². The molecule has 0 aromatic heterocycles. The fourth-order valence-electron chi connectivity index (χ4n) is 1.79. The lowest BCUT2D eigenvalue weighted by molar-refractivity contribution is -0.138. The average molecular weight is 229 g/mol. The second kappa shape index (κ2) is 9.64. The molecule has 0 rings (SSSR count). The summed E-state index contributed by atoms with van der Waals surface area (Å²) in [5.74, 6) is -0.723. The summed E-state index contributed by atoms with van der Waals surface area (Å²) in [6.07, 6.45) is 7.54. The van der Waals surface area contributed by atoms with Crippen LogP contribution in [0.3, 0.4) is 0 Å². The van der Waals surface area contributed by atoms with Crippen molar-refractivity contribution in [1.82, 2.24) is 4.90 Å². The van der Waals surface area contributed by atoms with Gasteiger partial charge in [-0.3, -0.25) is 9.69 Å². The third-order valence-corrected chi connectivity index (χ3v) is 2.87. The molecule has 0 saturated carbocycles. The second-order valence-electron chi connectivity index (χ2n) is 4.73. The van der Waals surface area contributed by atoms with Gasteiger partial charge < -0.3 is 5.11 Å². The molecule has 0 atom stereocenters. The van der Waals surface area contributed by atoms with Crippen molar-refractivity contribution in [2.45, 2.75) is 65.3 Å². The van der Waals surface area contributed by atoms with Gasteiger partial charge in [-0.1, -0.05) is 39.0 Å². The molecular weight excluding hydrogens is 202 g/mol. The molecule has 0 aromatic carbocycles. The molecule has 3 heteroatoms. The topological polar surface area (TPSA) is 40.5 Å². The Balaban J connectivity index is 3.56. The maximum Gasteiger partial charge on any atom is 0.317 e. The van der Waals surface area contributed by atoms with Crippen molar-refractivity contribution >= 4 is 5.97 Å². The molecule has 16 heavy (non-hydrogen) atoms. The number of carbonyl (C=O) groups is 1. The number of carboxylic acids is 1. The minimum atomic E-state index is -0.723. The third kappa shape index (κ3) is 8.72. The number of hydrogen-bond donors (Lipinski definition) is 1. The van der Waals surface area contributed by atoms with Crippen molar-refractivity contribution in [3.8, 4) is 0 Å². The maximum atomic E-state index is 10.6. The predicted molar refractivity (Wildman–Crippen MR) is 67.7 cm³/mol. The van der Waals surface area contributed by atoms with Crippen LogP contribution in [-0.4, -0.2) is 35.1 Å². The van der Waals surface area contributed by atoms with Crippen molar-refractivity contribution in [2.24, 2.45) is 0 Å². The Bertz CT molecular complexity index is 181. The van der Waals surface area contributed by atoms with Crippen LogP contribution in [0.2, 0.25) is 0 Å². The van der Waals surface area contributed by atoms with E-state index in [1.165, 1.54) is 32.1 Å². The first kappa shape index (κ1) is 15.4. The Labute approximate surface area is 99.8 Å². The number of hydrogen-bond acceptors (Lipinski definition) is 2. The van der Waals surface area contributed by atoms with Crippen LogP contribution in [0.25, 0.3) is 0 Å². The van der Waals surface area contributed by atoms with E-state index in [1.54, 1.807) is 0 Å². The van der Waals surface area contributed by atoms with E-state index >= 15 is 0 Å². The molecule has 96 valence electrons. The molecule has 0 radical (unpaired) electrons. The molecule has 0 aliphatic rings. The summed E-state index contributed by atoms with van der Waals surface area (Å²) in [4.78, 5) is 12.7. The quantitative estimate of drug-likeness (QED) is 0.585. The number of nitrogens with zero attached hydrogens (tertiary/aromatic N) is 1. The summed E-state index contributed by atoms with van der Waals surface area (Å²) in [7, 11) is 0. The first-order valence-electron chi connectivity index (χ1n) is 6.53. The van der Waals surface area contributed by atoms with E-state index in [0.717, 1.165) is 13.0 Å². The standard InChI is InChI=1S/C13H27NO2/c1-4-5-6-7-8-9-10-14(12(2)3)11-13(15)16/h12H,4-11H2,1-3H3,(H,15,16). The second-order valence-corrected chi connectivity index (χ2v) is 4.73. The molecule has 3 nitrogen and oxygen atoms in total. The normalized spacial score (nSPS) is 11.3. The lowest BCUT2D eigenvalue weighted by Gasteiger charge is -2.24. The van der Waals surface area contributed by atoms with E-state index in [0.29, 0.717) is 6.04 Å². The molecule has 0 aliphatic heterocycles. The number of carboxylic acid groups (broad SMARTS) is 1. The Morgan fingerprint density at radius 2 is 1.69 bits per heavy atom. The summed E-state index contributed by atoms with van der Waals surface area (Å²) in [6, 6.07) is 0.326. The lowest BCUT2D eigenvalue weighted by Crippen LogP contribution is -2.36. The van der Waals surface area contributed by atoms with Gasteiger partial charge in [-0.15, -0.1) is 0 Å². The van der Waals surface area contributed by atoms with Crippen LogP contribution in [0, 0.1) is 0 Å². The molecule has 0 spiro atoms. The van der Waals surface area contributed by atoms with Crippen molar-refractivity contribution in [1.29, 1.82) is 0 Å². The van der Waals surface area contributed by atoms with Crippen molar-refractivity contribution < 1.29 is 9.90 Å². The molecule has 0 aromatic rings. The average Bonchev–Trinajstić information content (AvgIpc) is 2.20. The van der Waals surface area contributed by atoms with Gasteiger partial charge in [-0.25, -0.2) is 0 Å². The molecule has 0 fully saturated rings. The number of unbranched alkanes of at least 4 members (excludes halogenated alkanes) is 5. The van der Waals surface area contributed by atoms with Gasteiger partial charge in [0.1, 0.15) is 0 Å². The van der Waals surface area contributed by atoms with Crippen LogP contribution in [0.5, 0.6) is 0 Å². The zero-order chi connectivity index (χ0) is 12.4. The third-order valence-electron chi connectivity index (χ3n) is 2.87. The van der Waals surface area contributed by atoms with E-state index in [1.807, 2.05) is 4.90 Å². The molecule has 0 unspecified atom stereocenters. The van der Waals surface area contributed by atoms with Crippen LogP contribution in [0.1, 0.15) is 59.3 Å². The maximum absolute atomic E-state index is 10.6. The monoisotopic (exact) mass is 229 g/mol. The van der Waals surface area contributed by atoms with Crippen molar-refractivity contribution in [2.75, 3.05) is 13.1 Å². The first-order valence-corrected chi connectivity index (χ1v) is 6.53. The highest BCUT2D eigenvalue weighted by molar-refractivity contribution is 5.69. The smallest absolute Gasteiger partial charge is 0.317 e. The highest BCUT2D eigenvalue weighted by Crippen LogP contribution is 2.07. The highest BCUT2D eigenvalue weighted by Gasteiger charge is 2.12. The van der Waals surface area contributed by atoms with Crippen LogP contribution in [-0.2, 0) is 4.79 Å². The van der Waals surface area contributed by atoms with E-state index < -0.39 is 5.97 Å². The number of aliphatic carboxylic acids is 1. The minimum Gasteiger partial charge on any atom is -0.480 e. The molecule has 0 aliphatic carbocycles. The summed E-state index contributed by atoms with van der Waals surface area (Å²) in [5, 5.41) is 8.76. The highest BCUT2D eigenvalue weighted by atomic mass is 16.4. The fraction of sp³-hybridized carbons (Fsp3) is 0.923. The van der Waals surface area contributed by atoms with Crippen molar-refractivity contribution in [3.63, 3.8) is 0 Å². The van der Waals surface area contributed by atoms with Gasteiger partial charge >= 0.3 is 5.97 Å². The van der Waals surface area contributed by atoms with Crippen molar-refractivity contribution in [3.05, 3.63) is 0 Å². The summed E-state index contributed by atoms with van der Waals surface area (Å²) < 4.78 is 0. The zero-order valence-corrected chi connectivity index (χ0v) is 11.0. The van der Waals surface area contributed by atoms with Gasteiger partial charge in [0.2, 0.25) is 0 Å². The Hall–Kier alpha value is -0.570. The molecule has 0 amide bonds. The summed E-state index contributed by atoms with van der Waals surface area (Å²) >= 11 is 0. The summed E-state index contributed by atoms with van der Waals surface area (Å²) in [6.45, 7) is 7.41. The van der Waals surface area contributed by atoms with Gasteiger partial charge in [0.05, 0.1) is 6.54 Å². The molecular formula is C13H27NO2. The van der Waals surface area contributed by atoms with Gasteiger partial charge in [0.25, 0.3) is 0 Å². The first-order chi connectivity index (χ1) is 7.57. The van der Waals surface area contributed by atoms with E-state index in [-0.39, 0.29) is 6.54 Å². The molecule has 0 heterocycles. The van der Waals surface area contributed by atoms with Gasteiger partial charge in [-0.2, -0.15) is 0 Å². The largest absolute Gasteiger partial charge is 0.480 e. The molecule has 0 bridgehead atoms. The van der Waals surface area contributed by atoms with Crippen LogP contribution >= 0.6 is 0 Å².